The van der Waals surface area contributed by atoms with Crippen LogP contribution < -0.4 is 15.5 Å². The fourth-order valence-corrected chi connectivity index (χ4v) is 1.45. The molecule has 1 heterocycles. The molecule has 1 aliphatic heterocycles. The molecule has 0 unspecified atom stereocenters. The van der Waals surface area contributed by atoms with Gasteiger partial charge in [0.05, 0.1) is 13.3 Å². The third kappa shape index (κ3) is 2.56. The number of hydrogen-bond donors (Lipinski definition) is 2. The monoisotopic (exact) mass is 234 g/mol. The molecular formula is C10H11BN2O4. The number of nitrogens with one attached hydrogen (secondary N) is 1. The molecule has 0 saturated carbocycles. The maximum atomic E-state index is 10.9. The Balaban J connectivity index is 2.13. The normalized spacial score (nSPS) is 12.7. The summed E-state index contributed by atoms with van der Waals surface area (Å²) in [5, 5.41) is 15.9. The number of methoxy groups -OCH3 is 1. The van der Waals surface area contributed by atoms with Gasteiger partial charge in [-0.1, -0.05) is 6.07 Å². The van der Waals surface area contributed by atoms with E-state index in [1.54, 1.807) is 24.4 Å². The summed E-state index contributed by atoms with van der Waals surface area (Å²) in [6.07, 6.45) is 1.60. The summed E-state index contributed by atoms with van der Waals surface area (Å²) in [6.45, 7) is -0.160. The van der Waals surface area contributed by atoms with E-state index in [2.05, 4.69) is 15.2 Å². The predicted molar refractivity (Wildman–Crippen MR) is 62.3 cm³/mol. The van der Waals surface area contributed by atoms with Crippen LogP contribution in [0, 0.1) is 0 Å². The molecule has 0 aliphatic carbocycles. The fourth-order valence-electron chi connectivity index (χ4n) is 1.45. The number of esters is 1. The van der Waals surface area contributed by atoms with Crippen LogP contribution >= 0.6 is 0 Å². The van der Waals surface area contributed by atoms with Crippen LogP contribution in [0.3, 0.4) is 0 Å². The van der Waals surface area contributed by atoms with E-state index in [0.29, 0.717) is 11.2 Å². The molecule has 0 bridgehead atoms. The van der Waals surface area contributed by atoms with Crippen molar-refractivity contribution in [2.45, 2.75) is 0 Å². The van der Waals surface area contributed by atoms with Crippen molar-refractivity contribution in [3.05, 3.63) is 23.8 Å². The Bertz CT molecular complexity index is 464. The average molecular weight is 234 g/mol. The Kier molecular flexibility index (Phi) is 3.29. The summed E-state index contributed by atoms with van der Waals surface area (Å²) in [5.74, 6) is 0.0354. The summed E-state index contributed by atoms with van der Waals surface area (Å²) >= 11 is 0. The second kappa shape index (κ2) is 4.88. The van der Waals surface area contributed by atoms with E-state index in [1.807, 2.05) is 0 Å². The highest BCUT2D eigenvalue weighted by Gasteiger charge is 2.21. The van der Waals surface area contributed by atoms with Gasteiger partial charge in [0.15, 0.2) is 6.61 Å². The Morgan fingerprint density at radius 3 is 3.18 bits per heavy atom. The summed E-state index contributed by atoms with van der Waals surface area (Å²) in [4.78, 5) is 10.9. The third-order valence-corrected chi connectivity index (χ3v) is 2.34. The maximum Gasteiger partial charge on any atom is 0.464 e. The molecule has 1 aromatic rings. The minimum Gasteiger partial charge on any atom is -0.482 e. The number of hydrogen-bond acceptors (Lipinski definition) is 6. The van der Waals surface area contributed by atoms with E-state index >= 15 is 0 Å². The lowest BCUT2D eigenvalue weighted by Crippen LogP contribution is -2.46. The molecule has 2 rings (SSSR count). The van der Waals surface area contributed by atoms with Crippen LogP contribution in [0.2, 0.25) is 0 Å². The van der Waals surface area contributed by atoms with Crippen LogP contribution in [0.4, 0.5) is 0 Å². The van der Waals surface area contributed by atoms with Gasteiger partial charge in [-0.2, -0.15) is 5.10 Å². The van der Waals surface area contributed by atoms with E-state index in [4.69, 9.17) is 4.74 Å². The number of carbonyl (C=O) groups is 1. The molecule has 17 heavy (non-hydrogen) atoms. The molecule has 0 amide bonds. The minimum atomic E-state index is -0.864. The molecule has 0 fully saturated rings. The zero-order chi connectivity index (χ0) is 12.3. The SMILES string of the molecule is COC(=O)COc1ccc2c(c1)B(O)NN=C2. The van der Waals surface area contributed by atoms with Crippen LogP contribution in [0.25, 0.3) is 0 Å². The van der Waals surface area contributed by atoms with E-state index in [0.717, 1.165) is 5.56 Å². The van der Waals surface area contributed by atoms with Gasteiger partial charge >= 0.3 is 13.0 Å². The smallest absolute Gasteiger partial charge is 0.464 e. The first-order chi connectivity index (χ1) is 8.20. The van der Waals surface area contributed by atoms with Gasteiger partial charge in [0.2, 0.25) is 0 Å². The predicted octanol–water partition coefficient (Wildman–Crippen LogP) is -1.14. The second-order valence-electron chi connectivity index (χ2n) is 3.45. The Morgan fingerprint density at radius 2 is 2.41 bits per heavy atom. The zero-order valence-corrected chi connectivity index (χ0v) is 9.21. The van der Waals surface area contributed by atoms with Crippen molar-refractivity contribution in [1.82, 2.24) is 5.34 Å². The fraction of sp³-hybridized carbons (Fsp3) is 0.200. The van der Waals surface area contributed by atoms with Crippen LogP contribution in [0.5, 0.6) is 5.75 Å². The van der Waals surface area contributed by atoms with Gasteiger partial charge in [-0.15, -0.1) is 0 Å². The first-order valence-corrected chi connectivity index (χ1v) is 5.01. The third-order valence-electron chi connectivity index (χ3n) is 2.34. The van der Waals surface area contributed by atoms with Crippen molar-refractivity contribution < 1.29 is 19.3 Å². The first kappa shape index (κ1) is 11.5. The average Bonchev–Trinajstić information content (AvgIpc) is 2.36. The van der Waals surface area contributed by atoms with Crippen LogP contribution in [0.15, 0.2) is 23.3 Å². The molecule has 0 saturated heterocycles. The standard InChI is InChI=1S/C10H11BN2O4/c1-16-10(14)6-17-8-3-2-7-5-12-13-11(15)9(7)4-8/h2-5,13,15H,6H2,1H3. The number of benzene rings is 1. The maximum absolute atomic E-state index is 10.9. The molecule has 1 aromatic carbocycles. The molecule has 1 aliphatic rings. The van der Waals surface area contributed by atoms with Gasteiger partial charge in [-0.05, 0) is 23.2 Å². The molecule has 7 heteroatoms. The van der Waals surface area contributed by atoms with Crippen molar-refractivity contribution >= 4 is 24.7 Å². The van der Waals surface area contributed by atoms with Gasteiger partial charge in [-0.25, -0.2) is 4.79 Å². The molecule has 0 spiro atoms. The van der Waals surface area contributed by atoms with Crippen LogP contribution in [0.1, 0.15) is 5.56 Å². The Hall–Kier alpha value is -2.02. The Labute approximate surface area is 98.4 Å². The first-order valence-electron chi connectivity index (χ1n) is 5.01. The Morgan fingerprint density at radius 1 is 1.59 bits per heavy atom. The van der Waals surface area contributed by atoms with E-state index in [9.17, 15) is 9.82 Å². The van der Waals surface area contributed by atoms with E-state index in [1.165, 1.54) is 7.11 Å². The molecule has 0 aromatic heterocycles. The molecule has 88 valence electrons. The van der Waals surface area contributed by atoms with Crippen molar-refractivity contribution in [2.75, 3.05) is 13.7 Å². The largest absolute Gasteiger partial charge is 0.482 e. The lowest BCUT2D eigenvalue weighted by Gasteiger charge is -2.15. The lowest BCUT2D eigenvalue weighted by atomic mass is 9.72. The quantitative estimate of drug-likeness (QED) is 0.510. The molecular weight excluding hydrogens is 223 g/mol. The number of rotatable bonds is 3. The summed E-state index contributed by atoms with van der Waals surface area (Å²) in [5.41, 5.74) is 1.46. The van der Waals surface area contributed by atoms with E-state index in [-0.39, 0.29) is 6.61 Å². The summed E-state index contributed by atoms with van der Waals surface area (Å²) in [6, 6.07) is 5.11. The number of carbonyl (C=O) groups excluding carboxylic acids is 1. The van der Waals surface area contributed by atoms with Gasteiger partial charge in [0.1, 0.15) is 5.75 Å². The van der Waals surface area contributed by atoms with Crippen molar-refractivity contribution in [3.63, 3.8) is 0 Å². The summed E-state index contributed by atoms with van der Waals surface area (Å²) < 4.78 is 9.67. The number of nitrogens with zero attached hydrogens (tertiary/aromatic N) is 1. The number of ether oxygens (including phenoxy) is 2. The van der Waals surface area contributed by atoms with Crippen LogP contribution in [-0.2, 0) is 9.53 Å². The number of fused-ring (bicyclic) bond motifs is 1. The lowest BCUT2D eigenvalue weighted by molar-refractivity contribution is -0.142. The van der Waals surface area contributed by atoms with E-state index < -0.39 is 13.0 Å². The zero-order valence-electron chi connectivity index (χ0n) is 9.21. The van der Waals surface area contributed by atoms with Gasteiger partial charge in [-0.3, -0.25) is 0 Å². The minimum absolute atomic E-state index is 0.160. The highest BCUT2D eigenvalue weighted by atomic mass is 16.6. The highest BCUT2D eigenvalue weighted by molar-refractivity contribution is 6.65. The summed E-state index contributed by atoms with van der Waals surface area (Å²) in [7, 11) is 0.430. The van der Waals surface area contributed by atoms with Gasteiger partial charge in [0.25, 0.3) is 0 Å². The molecule has 0 radical (unpaired) electrons. The molecule has 0 atom stereocenters. The molecule has 2 N–H and O–H groups in total. The van der Waals surface area contributed by atoms with Crippen LogP contribution in [-0.4, -0.2) is 38.0 Å². The topological polar surface area (TPSA) is 80.2 Å². The van der Waals surface area contributed by atoms with Crippen molar-refractivity contribution in [2.24, 2.45) is 5.10 Å². The van der Waals surface area contributed by atoms with Gasteiger partial charge < -0.3 is 19.8 Å². The van der Waals surface area contributed by atoms with Crippen molar-refractivity contribution in [3.8, 4) is 5.75 Å². The van der Waals surface area contributed by atoms with Crippen molar-refractivity contribution in [1.29, 1.82) is 0 Å². The molecule has 6 nitrogen and oxygen atoms in total. The second-order valence-corrected chi connectivity index (χ2v) is 3.45. The number of hydrazone groups is 1. The highest BCUT2D eigenvalue weighted by Crippen LogP contribution is 2.11. The van der Waals surface area contributed by atoms with Gasteiger partial charge in [0, 0.05) is 0 Å².